The summed E-state index contributed by atoms with van der Waals surface area (Å²) in [6, 6.07) is 7.79. The summed E-state index contributed by atoms with van der Waals surface area (Å²) in [5.41, 5.74) is 7.18. The normalized spacial score (nSPS) is 13.9. The molecule has 5 nitrogen and oxygen atoms in total. The second-order valence-electron chi connectivity index (χ2n) is 4.95. The molecule has 0 aromatic heterocycles. The molecule has 0 aliphatic carbocycles. The van der Waals surface area contributed by atoms with Gasteiger partial charge < -0.3 is 15.8 Å². The molecule has 0 saturated carbocycles. The highest BCUT2D eigenvalue weighted by atomic mass is 16.5. The summed E-state index contributed by atoms with van der Waals surface area (Å²) in [4.78, 5) is 13.5. The fourth-order valence-corrected chi connectivity index (χ4v) is 2.37. The van der Waals surface area contributed by atoms with Crippen molar-refractivity contribution in [3.63, 3.8) is 0 Å². The minimum Gasteiger partial charge on any atom is -0.496 e. The number of hydrogen-bond donors (Lipinski definition) is 2. The lowest BCUT2D eigenvalue weighted by Gasteiger charge is -2.32. The Morgan fingerprint density at radius 1 is 1.45 bits per heavy atom. The molecule has 20 heavy (non-hydrogen) atoms. The van der Waals surface area contributed by atoms with Crippen molar-refractivity contribution in [2.45, 2.75) is 25.4 Å². The minimum absolute atomic E-state index is 0.0100. The summed E-state index contributed by atoms with van der Waals surface area (Å²) >= 11 is 0. The van der Waals surface area contributed by atoms with Gasteiger partial charge in [0.1, 0.15) is 5.75 Å². The Hall–Kier alpha value is -1.59. The lowest BCUT2D eigenvalue weighted by atomic mass is 9.98. The maximum atomic E-state index is 11.4. The van der Waals surface area contributed by atoms with Crippen molar-refractivity contribution in [3.05, 3.63) is 29.8 Å². The largest absolute Gasteiger partial charge is 0.496 e. The van der Waals surface area contributed by atoms with Crippen LogP contribution in [0.2, 0.25) is 0 Å². The molecule has 0 bridgehead atoms. The van der Waals surface area contributed by atoms with Gasteiger partial charge in [0.05, 0.1) is 13.2 Å². The average molecular weight is 279 g/mol. The van der Waals surface area contributed by atoms with Crippen molar-refractivity contribution in [1.29, 1.82) is 0 Å². The number of likely N-dealkylation sites (N-methyl/N-ethyl adjacent to an activating group) is 1. The van der Waals surface area contributed by atoms with Crippen LogP contribution in [0.4, 0.5) is 0 Å². The van der Waals surface area contributed by atoms with Crippen LogP contribution < -0.4 is 15.8 Å². The molecule has 5 heteroatoms. The van der Waals surface area contributed by atoms with Crippen LogP contribution in [0.25, 0.3) is 0 Å². The van der Waals surface area contributed by atoms with Gasteiger partial charge in [-0.25, -0.2) is 0 Å². The van der Waals surface area contributed by atoms with Gasteiger partial charge >= 0.3 is 0 Å². The van der Waals surface area contributed by atoms with Crippen LogP contribution in [-0.4, -0.2) is 44.6 Å². The number of para-hydroxylation sites is 1. The summed E-state index contributed by atoms with van der Waals surface area (Å²) in [5.74, 6) is 0.849. The SMILES string of the molecule is CNC(=O)CCN(C)C(c1ccccc1OC)C(C)N. The maximum absolute atomic E-state index is 11.4. The van der Waals surface area contributed by atoms with Gasteiger partial charge in [0.2, 0.25) is 5.91 Å². The highest BCUT2D eigenvalue weighted by Gasteiger charge is 2.24. The Kier molecular flexibility index (Phi) is 6.48. The van der Waals surface area contributed by atoms with Crippen molar-refractivity contribution in [2.75, 3.05) is 27.7 Å². The number of rotatable bonds is 7. The third-order valence-electron chi connectivity index (χ3n) is 3.40. The predicted molar refractivity (Wildman–Crippen MR) is 80.7 cm³/mol. The molecule has 0 saturated heterocycles. The second-order valence-corrected chi connectivity index (χ2v) is 4.95. The van der Waals surface area contributed by atoms with Gasteiger partial charge in [0.25, 0.3) is 0 Å². The number of amides is 1. The molecule has 0 fully saturated rings. The molecule has 1 rings (SSSR count). The Balaban J connectivity index is 2.90. The minimum atomic E-state index is -0.0685. The van der Waals surface area contributed by atoms with Crippen molar-refractivity contribution in [1.82, 2.24) is 10.2 Å². The van der Waals surface area contributed by atoms with E-state index in [0.29, 0.717) is 13.0 Å². The number of hydrogen-bond acceptors (Lipinski definition) is 4. The van der Waals surface area contributed by atoms with Crippen molar-refractivity contribution >= 4 is 5.91 Å². The second kappa shape index (κ2) is 7.87. The van der Waals surface area contributed by atoms with Crippen LogP contribution in [0.15, 0.2) is 24.3 Å². The zero-order valence-corrected chi connectivity index (χ0v) is 12.7. The summed E-state index contributed by atoms with van der Waals surface area (Å²) in [7, 11) is 5.27. The van der Waals surface area contributed by atoms with E-state index in [9.17, 15) is 4.79 Å². The Morgan fingerprint density at radius 2 is 2.10 bits per heavy atom. The first kappa shape index (κ1) is 16.5. The van der Waals surface area contributed by atoms with Crippen LogP contribution in [0.5, 0.6) is 5.75 Å². The quantitative estimate of drug-likeness (QED) is 0.786. The summed E-state index contributed by atoms with van der Waals surface area (Å²) in [6.07, 6.45) is 0.450. The number of nitrogens with zero attached hydrogens (tertiary/aromatic N) is 1. The van der Waals surface area contributed by atoms with Gasteiger partial charge in [-0.2, -0.15) is 0 Å². The summed E-state index contributed by atoms with van der Waals surface area (Å²) < 4.78 is 5.41. The zero-order chi connectivity index (χ0) is 15.1. The molecular formula is C15H25N3O2. The van der Waals surface area contributed by atoms with E-state index in [-0.39, 0.29) is 18.0 Å². The molecular weight excluding hydrogens is 254 g/mol. The molecule has 0 radical (unpaired) electrons. The van der Waals surface area contributed by atoms with E-state index in [2.05, 4.69) is 10.2 Å². The van der Waals surface area contributed by atoms with E-state index in [1.54, 1.807) is 14.2 Å². The Labute approximate surface area is 121 Å². The van der Waals surface area contributed by atoms with E-state index < -0.39 is 0 Å². The smallest absolute Gasteiger partial charge is 0.221 e. The Morgan fingerprint density at radius 3 is 2.65 bits per heavy atom. The summed E-state index contributed by atoms with van der Waals surface area (Å²) in [5, 5.41) is 2.63. The number of nitrogens with two attached hydrogens (primary N) is 1. The molecule has 1 aromatic carbocycles. The van der Waals surface area contributed by atoms with Gasteiger partial charge in [-0.15, -0.1) is 0 Å². The third kappa shape index (κ3) is 4.21. The molecule has 0 heterocycles. The molecule has 3 N–H and O–H groups in total. The monoisotopic (exact) mass is 279 g/mol. The van der Waals surface area contributed by atoms with Crippen LogP contribution in [0.3, 0.4) is 0 Å². The van der Waals surface area contributed by atoms with Crippen LogP contribution in [0, 0.1) is 0 Å². The van der Waals surface area contributed by atoms with E-state index in [1.807, 2.05) is 38.2 Å². The fourth-order valence-electron chi connectivity index (χ4n) is 2.37. The van der Waals surface area contributed by atoms with E-state index in [0.717, 1.165) is 11.3 Å². The number of benzene rings is 1. The Bertz CT molecular complexity index is 435. The van der Waals surface area contributed by atoms with Gasteiger partial charge in [-0.05, 0) is 20.0 Å². The van der Waals surface area contributed by atoms with Gasteiger partial charge in [-0.1, -0.05) is 18.2 Å². The number of carbonyl (C=O) groups is 1. The predicted octanol–water partition coefficient (Wildman–Crippen LogP) is 1.15. The molecule has 1 amide bonds. The molecule has 0 aliphatic heterocycles. The summed E-state index contributed by atoms with van der Waals surface area (Å²) in [6.45, 7) is 2.61. The van der Waals surface area contributed by atoms with Crippen molar-refractivity contribution in [2.24, 2.45) is 5.73 Å². The van der Waals surface area contributed by atoms with Crippen LogP contribution >= 0.6 is 0 Å². The van der Waals surface area contributed by atoms with Gasteiger partial charge in [0.15, 0.2) is 0 Å². The first-order chi connectivity index (χ1) is 9.51. The highest BCUT2D eigenvalue weighted by Crippen LogP contribution is 2.30. The number of nitrogens with one attached hydrogen (secondary N) is 1. The topological polar surface area (TPSA) is 67.6 Å². The number of carbonyl (C=O) groups excluding carboxylic acids is 1. The lowest BCUT2D eigenvalue weighted by Crippen LogP contribution is -2.39. The van der Waals surface area contributed by atoms with E-state index in [1.165, 1.54) is 0 Å². The fraction of sp³-hybridized carbons (Fsp3) is 0.533. The molecule has 0 spiro atoms. The van der Waals surface area contributed by atoms with E-state index in [4.69, 9.17) is 10.5 Å². The molecule has 1 aromatic rings. The number of methoxy groups -OCH3 is 1. The van der Waals surface area contributed by atoms with Crippen LogP contribution in [0.1, 0.15) is 24.9 Å². The van der Waals surface area contributed by atoms with Gasteiger partial charge in [0, 0.05) is 31.6 Å². The van der Waals surface area contributed by atoms with E-state index >= 15 is 0 Å². The zero-order valence-electron chi connectivity index (χ0n) is 12.7. The van der Waals surface area contributed by atoms with Crippen LogP contribution in [-0.2, 0) is 4.79 Å². The molecule has 2 atom stereocenters. The standard InChI is InChI=1S/C15H25N3O2/c1-11(16)15(18(3)10-9-14(19)17-2)12-7-5-6-8-13(12)20-4/h5-8,11,15H,9-10,16H2,1-4H3,(H,17,19). The molecule has 112 valence electrons. The first-order valence-corrected chi connectivity index (χ1v) is 6.80. The van der Waals surface area contributed by atoms with Crippen molar-refractivity contribution in [3.8, 4) is 5.75 Å². The highest BCUT2D eigenvalue weighted by molar-refractivity contribution is 5.75. The average Bonchev–Trinajstić information content (AvgIpc) is 2.45. The third-order valence-corrected chi connectivity index (χ3v) is 3.40. The number of ether oxygens (including phenoxy) is 1. The molecule has 0 aliphatic rings. The van der Waals surface area contributed by atoms with Gasteiger partial charge in [-0.3, -0.25) is 9.69 Å². The molecule has 2 unspecified atom stereocenters. The van der Waals surface area contributed by atoms with Crippen molar-refractivity contribution < 1.29 is 9.53 Å². The first-order valence-electron chi connectivity index (χ1n) is 6.80. The lowest BCUT2D eigenvalue weighted by molar-refractivity contribution is -0.121. The maximum Gasteiger partial charge on any atom is 0.221 e.